The number of aryl methyl sites for hydroxylation is 2. The van der Waals surface area contributed by atoms with E-state index in [1.54, 1.807) is 0 Å². The molecule has 0 bridgehead atoms. The van der Waals surface area contributed by atoms with Crippen LogP contribution in [0.3, 0.4) is 0 Å². The zero-order valence-electron chi connectivity index (χ0n) is 12.2. The summed E-state index contributed by atoms with van der Waals surface area (Å²) in [5, 5.41) is 9.45. The molecule has 2 aliphatic rings. The van der Waals surface area contributed by atoms with Gasteiger partial charge in [-0.05, 0) is 51.2 Å². The average Bonchev–Trinajstić information content (AvgIpc) is 2.48. The molecule has 1 aliphatic carbocycles. The normalized spacial score (nSPS) is 25.9. The zero-order valence-corrected chi connectivity index (χ0v) is 12.2. The Morgan fingerprint density at radius 3 is 2.95 bits per heavy atom. The fourth-order valence-corrected chi connectivity index (χ4v) is 3.12. The van der Waals surface area contributed by atoms with Crippen LogP contribution in [-0.4, -0.2) is 30.3 Å². The van der Waals surface area contributed by atoms with Gasteiger partial charge in [0.25, 0.3) is 0 Å². The van der Waals surface area contributed by atoms with Crippen LogP contribution in [0.2, 0.25) is 0 Å². The Kier molecular flexibility index (Phi) is 3.62. The van der Waals surface area contributed by atoms with Gasteiger partial charge in [0.2, 0.25) is 0 Å². The summed E-state index contributed by atoms with van der Waals surface area (Å²) in [6.07, 6.45) is 4.72. The molecule has 20 heavy (non-hydrogen) atoms. The fourth-order valence-electron chi connectivity index (χ4n) is 3.12. The number of hydrogen-bond acceptors (Lipinski definition) is 4. The lowest BCUT2D eigenvalue weighted by molar-refractivity contribution is 0.0340. The number of anilines is 1. The highest BCUT2D eigenvalue weighted by molar-refractivity contribution is 5.57. The van der Waals surface area contributed by atoms with Gasteiger partial charge in [0.15, 0.2) is 0 Å². The number of nitriles is 1. The predicted molar refractivity (Wildman–Crippen MR) is 77.8 cm³/mol. The second-order valence-corrected chi connectivity index (χ2v) is 5.93. The Hall–Kier alpha value is -1.60. The van der Waals surface area contributed by atoms with E-state index in [1.807, 2.05) is 0 Å². The van der Waals surface area contributed by atoms with Crippen molar-refractivity contribution in [2.24, 2.45) is 0 Å². The van der Waals surface area contributed by atoms with E-state index >= 15 is 0 Å². The Morgan fingerprint density at radius 2 is 2.15 bits per heavy atom. The molecule has 2 heterocycles. The van der Waals surface area contributed by atoms with E-state index in [9.17, 15) is 5.26 Å². The fraction of sp³-hybridized carbons (Fsp3) is 0.625. The highest BCUT2D eigenvalue weighted by Crippen LogP contribution is 2.29. The number of nitrogens with zero attached hydrogens (tertiary/aromatic N) is 3. The van der Waals surface area contributed by atoms with Crippen molar-refractivity contribution in [3.05, 3.63) is 22.9 Å². The minimum absolute atomic E-state index is 0.190. The summed E-state index contributed by atoms with van der Waals surface area (Å²) < 4.78 is 5.68. The molecule has 0 aromatic carbocycles. The largest absolute Gasteiger partial charge is 0.375 e. The van der Waals surface area contributed by atoms with Crippen LogP contribution in [0.4, 0.5) is 5.82 Å². The van der Waals surface area contributed by atoms with Gasteiger partial charge in [0, 0.05) is 12.2 Å². The highest BCUT2D eigenvalue weighted by Gasteiger charge is 2.27. The van der Waals surface area contributed by atoms with Crippen LogP contribution in [-0.2, 0) is 17.6 Å². The molecule has 4 nitrogen and oxygen atoms in total. The van der Waals surface area contributed by atoms with Crippen LogP contribution in [0.25, 0.3) is 0 Å². The molecule has 1 aromatic heterocycles. The summed E-state index contributed by atoms with van der Waals surface area (Å²) in [6, 6.07) is 4.66. The highest BCUT2D eigenvalue weighted by atomic mass is 16.5. The van der Waals surface area contributed by atoms with Gasteiger partial charge in [-0.3, -0.25) is 0 Å². The first-order valence-corrected chi connectivity index (χ1v) is 7.50. The number of morpholine rings is 1. The lowest BCUT2D eigenvalue weighted by Gasteiger charge is -2.38. The van der Waals surface area contributed by atoms with E-state index in [2.05, 4.69) is 30.9 Å². The molecular formula is C16H21N3O. The maximum Gasteiger partial charge on any atom is 0.147 e. The van der Waals surface area contributed by atoms with E-state index in [-0.39, 0.29) is 12.1 Å². The third kappa shape index (κ3) is 2.38. The van der Waals surface area contributed by atoms with Gasteiger partial charge in [-0.1, -0.05) is 0 Å². The summed E-state index contributed by atoms with van der Waals surface area (Å²) in [5.41, 5.74) is 3.17. The second-order valence-electron chi connectivity index (χ2n) is 5.93. The molecule has 2 unspecified atom stereocenters. The van der Waals surface area contributed by atoms with Gasteiger partial charge >= 0.3 is 0 Å². The summed E-state index contributed by atoms with van der Waals surface area (Å²) >= 11 is 0. The summed E-state index contributed by atoms with van der Waals surface area (Å²) in [7, 11) is 0. The molecule has 0 saturated carbocycles. The summed E-state index contributed by atoms with van der Waals surface area (Å²) in [6.45, 7) is 5.71. The number of pyridine rings is 1. The first-order chi connectivity index (χ1) is 9.69. The molecular weight excluding hydrogens is 250 g/mol. The van der Waals surface area contributed by atoms with Crippen molar-refractivity contribution < 1.29 is 4.74 Å². The molecule has 1 fully saturated rings. The van der Waals surface area contributed by atoms with Gasteiger partial charge in [-0.15, -0.1) is 0 Å². The van der Waals surface area contributed by atoms with E-state index < -0.39 is 0 Å². The molecule has 0 amide bonds. The van der Waals surface area contributed by atoms with Crippen LogP contribution in [0, 0.1) is 11.3 Å². The lowest BCUT2D eigenvalue weighted by atomic mass is 9.94. The van der Waals surface area contributed by atoms with Crippen LogP contribution >= 0.6 is 0 Å². The van der Waals surface area contributed by atoms with Crippen molar-refractivity contribution in [3.8, 4) is 6.07 Å². The number of ether oxygens (including phenoxy) is 1. The predicted octanol–water partition coefficient (Wildman–Crippen LogP) is 2.45. The zero-order chi connectivity index (χ0) is 14.1. The molecule has 4 heteroatoms. The standard InChI is InChI=1S/C16H21N3O/c1-11-10-20-12(2)9-19(11)16-14(8-17)7-13-5-3-4-6-15(13)18-16/h7,11-12H,3-6,9-10H2,1-2H3. The Labute approximate surface area is 120 Å². The van der Waals surface area contributed by atoms with E-state index in [4.69, 9.17) is 9.72 Å². The Balaban J connectivity index is 2.01. The summed E-state index contributed by atoms with van der Waals surface area (Å²) in [5.74, 6) is 0.857. The molecule has 0 spiro atoms. The Morgan fingerprint density at radius 1 is 1.35 bits per heavy atom. The first-order valence-electron chi connectivity index (χ1n) is 7.50. The van der Waals surface area contributed by atoms with Gasteiger partial charge in [0.05, 0.1) is 24.3 Å². The third-order valence-corrected chi connectivity index (χ3v) is 4.28. The summed E-state index contributed by atoms with van der Waals surface area (Å²) in [4.78, 5) is 7.08. The van der Waals surface area contributed by atoms with Crippen LogP contribution < -0.4 is 4.90 Å². The third-order valence-electron chi connectivity index (χ3n) is 4.28. The molecule has 1 aliphatic heterocycles. The van der Waals surface area contributed by atoms with Crippen LogP contribution in [0.1, 0.15) is 43.5 Å². The average molecular weight is 271 g/mol. The van der Waals surface area contributed by atoms with Crippen molar-refractivity contribution in [1.29, 1.82) is 5.26 Å². The van der Waals surface area contributed by atoms with Gasteiger partial charge in [0.1, 0.15) is 11.9 Å². The number of hydrogen-bond donors (Lipinski definition) is 0. The molecule has 0 N–H and O–H groups in total. The molecule has 1 saturated heterocycles. The quantitative estimate of drug-likeness (QED) is 0.787. The minimum atomic E-state index is 0.190. The van der Waals surface area contributed by atoms with Crippen LogP contribution in [0.5, 0.6) is 0 Å². The number of aromatic nitrogens is 1. The Bertz CT molecular complexity index is 549. The molecule has 2 atom stereocenters. The van der Waals surface area contributed by atoms with Gasteiger partial charge < -0.3 is 9.64 Å². The maximum absolute atomic E-state index is 9.45. The monoisotopic (exact) mass is 271 g/mol. The van der Waals surface area contributed by atoms with Gasteiger partial charge in [-0.2, -0.15) is 5.26 Å². The number of fused-ring (bicyclic) bond motifs is 1. The molecule has 1 aromatic rings. The van der Waals surface area contributed by atoms with Crippen molar-refractivity contribution in [1.82, 2.24) is 4.98 Å². The van der Waals surface area contributed by atoms with Crippen molar-refractivity contribution in [3.63, 3.8) is 0 Å². The van der Waals surface area contributed by atoms with E-state index in [0.717, 1.165) is 25.2 Å². The topological polar surface area (TPSA) is 49.2 Å². The van der Waals surface area contributed by atoms with Gasteiger partial charge in [-0.25, -0.2) is 4.98 Å². The van der Waals surface area contributed by atoms with Crippen LogP contribution in [0.15, 0.2) is 6.07 Å². The minimum Gasteiger partial charge on any atom is -0.375 e. The van der Waals surface area contributed by atoms with E-state index in [0.29, 0.717) is 12.2 Å². The second kappa shape index (κ2) is 5.41. The molecule has 0 radical (unpaired) electrons. The first kappa shape index (κ1) is 13.4. The van der Waals surface area contributed by atoms with E-state index in [1.165, 1.54) is 24.1 Å². The van der Waals surface area contributed by atoms with Crippen molar-refractivity contribution >= 4 is 5.82 Å². The lowest BCUT2D eigenvalue weighted by Crippen LogP contribution is -2.48. The van der Waals surface area contributed by atoms with Crippen molar-refractivity contribution in [2.45, 2.75) is 51.7 Å². The SMILES string of the molecule is CC1CN(c2nc3c(cc2C#N)CCCC3)C(C)CO1. The molecule has 106 valence electrons. The number of rotatable bonds is 1. The maximum atomic E-state index is 9.45. The molecule has 3 rings (SSSR count). The smallest absolute Gasteiger partial charge is 0.147 e. The van der Waals surface area contributed by atoms with Crippen molar-refractivity contribution in [2.75, 3.05) is 18.1 Å².